The molecule has 1 fully saturated rings. The lowest BCUT2D eigenvalue weighted by Gasteiger charge is -2.28. The fraction of sp³-hybridized carbons (Fsp3) is 0.929. The van der Waals surface area contributed by atoms with Crippen LogP contribution in [0.4, 0.5) is 0 Å². The lowest BCUT2D eigenvalue weighted by Crippen LogP contribution is -2.29. The summed E-state index contributed by atoms with van der Waals surface area (Å²) in [7, 11) is 0. The molecule has 17 heavy (non-hydrogen) atoms. The van der Waals surface area contributed by atoms with Crippen LogP contribution in [0.15, 0.2) is 0 Å². The zero-order valence-corrected chi connectivity index (χ0v) is 11.5. The van der Waals surface area contributed by atoms with E-state index in [2.05, 4.69) is 26.1 Å². The van der Waals surface area contributed by atoms with Gasteiger partial charge in [0, 0.05) is 12.5 Å². The molecule has 0 aromatic heterocycles. The third-order valence-corrected chi connectivity index (χ3v) is 3.43. The lowest BCUT2D eigenvalue weighted by molar-refractivity contribution is -0.153. The van der Waals surface area contributed by atoms with Crippen molar-refractivity contribution in [3.05, 3.63) is 0 Å². The molecule has 3 nitrogen and oxygen atoms in total. The Kier molecular flexibility index (Phi) is 6.56. The Morgan fingerprint density at radius 1 is 1.35 bits per heavy atom. The molecule has 0 aromatic rings. The summed E-state index contributed by atoms with van der Waals surface area (Å²) in [6, 6.07) is 0.490. The fourth-order valence-electron chi connectivity index (χ4n) is 2.31. The molecule has 0 spiro atoms. The van der Waals surface area contributed by atoms with Crippen LogP contribution in [0, 0.1) is 5.92 Å². The van der Waals surface area contributed by atoms with Gasteiger partial charge in [-0.3, -0.25) is 4.79 Å². The van der Waals surface area contributed by atoms with Crippen LogP contribution in [0.2, 0.25) is 0 Å². The van der Waals surface area contributed by atoms with Crippen molar-refractivity contribution in [2.24, 2.45) is 5.92 Å². The number of carbonyl (C=O) groups excluding carboxylic acids is 1. The SMILES string of the molecule is CC(C)NCCCC(=O)OC1CCCCC1C. The highest BCUT2D eigenvalue weighted by Gasteiger charge is 2.24. The minimum absolute atomic E-state index is 0.0192. The van der Waals surface area contributed by atoms with Gasteiger partial charge in [0.15, 0.2) is 0 Å². The zero-order chi connectivity index (χ0) is 12.7. The van der Waals surface area contributed by atoms with Crippen molar-refractivity contribution in [2.45, 2.75) is 71.4 Å². The molecule has 0 saturated heterocycles. The number of ether oxygens (including phenoxy) is 1. The highest BCUT2D eigenvalue weighted by molar-refractivity contribution is 5.69. The van der Waals surface area contributed by atoms with Crippen LogP contribution >= 0.6 is 0 Å². The normalized spacial score (nSPS) is 24.9. The summed E-state index contributed by atoms with van der Waals surface area (Å²) < 4.78 is 5.54. The molecule has 0 bridgehead atoms. The van der Waals surface area contributed by atoms with E-state index in [0.29, 0.717) is 18.4 Å². The van der Waals surface area contributed by atoms with E-state index in [1.807, 2.05) is 0 Å². The van der Waals surface area contributed by atoms with Gasteiger partial charge in [0.1, 0.15) is 6.10 Å². The Labute approximate surface area is 105 Å². The summed E-state index contributed by atoms with van der Waals surface area (Å²) in [5.74, 6) is 0.524. The molecule has 1 N–H and O–H groups in total. The second-order valence-corrected chi connectivity index (χ2v) is 5.50. The zero-order valence-electron chi connectivity index (χ0n) is 11.5. The van der Waals surface area contributed by atoms with Crippen molar-refractivity contribution in [3.63, 3.8) is 0 Å². The molecule has 0 aliphatic heterocycles. The molecule has 0 amide bonds. The van der Waals surface area contributed by atoms with E-state index in [4.69, 9.17) is 4.74 Å². The molecule has 0 heterocycles. The van der Waals surface area contributed by atoms with Gasteiger partial charge in [-0.15, -0.1) is 0 Å². The van der Waals surface area contributed by atoms with Crippen molar-refractivity contribution < 1.29 is 9.53 Å². The summed E-state index contributed by atoms with van der Waals surface area (Å²) in [6.45, 7) is 7.31. The maximum Gasteiger partial charge on any atom is 0.306 e. The van der Waals surface area contributed by atoms with Gasteiger partial charge in [0.05, 0.1) is 0 Å². The third-order valence-electron chi connectivity index (χ3n) is 3.43. The predicted molar refractivity (Wildman–Crippen MR) is 69.9 cm³/mol. The molecule has 1 aliphatic carbocycles. The van der Waals surface area contributed by atoms with Crippen LogP contribution in [-0.4, -0.2) is 24.7 Å². The number of carbonyl (C=O) groups is 1. The first-order chi connectivity index (χ1) is 8.09. The first kappa shape index (κ1) is 14.5. The maximum absolute atomic E-state index is 11.7. The van der Waals surface area contributed by atoms with Gasteiger partial charge in [-0.2, -0.15) is 0 Å². The summed E-state index contributed by atoms with van der Waals surface area (Å²) >= 11 is 0. The van der Waals surface area contributed by atoms with Crippen molar-refractivity contribution in [2.75, 3.05) is 6.54 Å². The summed E-state index contributed by atoms with van der Waals surface area (Å²) in [5, 5.41) is 3.31. The van der Waals surface area contributed by atoms with Gasteiger partial charge in [-0.1, -0.05) is 27.2 Å². The maximum atomic E-state index is 11.7. The molecule has 1 saturated carbocycles. The average Bonchev–Trinajstić information content (AvgIpc) is 2.27. The minimum Gasteiger partial charge on any atom is -0.462 e. The van der Waals surface area contributed by atoms with Gasteiger partial charge in [-0.25, -0.2) is 0 Å². The summed E-state index contributed by atoms with van der Waals surface area (Å²) in [5.41, 5.74) is 0. The van der Waals surface area contributed by atoms with E-state index < -0.39 is 0 Å². The first-order valence-electron chi connectivity index (χ1n) is 7.02. The van der Waals surface area contributed by atoms with Gasteiger partial charge >= 0.3 is 5.97 Å². The Hall–Kier alpha value is -0.570. The van der Waals surface area contributed by atoms with E-state index >= 15 is 0 Å². The molecular formula is C14H27NO2. The quantitative estimate of drug-likeness (QED) is 0.574. The van der Waals surface area contributed by atoms with Crippen molar-refractivity contribution in [1.82, 2.24) is 5.32 Å². The van der Waals surface area contributed by atoms with Crippen molar-refractivity contribution in [1.29, 1.82) is 0 Å². The van der Waals surface area contributed by atoms with Crippen LogP contribution in [0.25, 0.3) is 0 Å². The number of rotatable bonds is 6. The fourth-order valence-corrected chi connectivity index (χ4v) is 2.31. The van der Waals surface area contributed by atoms with Crippen LogP contribution in [0.5, 0.6) is 0 Å². The standard InChI is InChI=1S/C14H27NO2/c1-11(2)15-10-6-9-14(16)17-13-8-5-4-7-12(13)3/h11-13,15H,4-10H2,1-3H3. The molecule has 0 aromatic carbocycles. The van der Waals surface area contributed by atoms with Gasteiger partial charge in [-0.05, 0) is 38.1 Å². The van der Waals surface area contributed by atoms with Crippen molar-refractivity contribution >= 4 is 5.97 Å². The second-order valence-electron chi connectivity index (χ2n) is 5.50. The number of hydrogen-bond acceptors (Lipinski definition) is 3. The number of nitrogens with one attached hydrogen (secondary N) is 1. The molecule has 1 aliphatic rings. The average molecular weight is 241 g/mol. The van der Waals surface area contributed by atoms with Crippen LogP contribution in [0.1, 0.15) is 59.3 Å². The van der Waals surface area contributed by atoms with E-state index in [1.54, 1.807) is 0 Å². The highest BCUT2D eigenvalue weighted by Crippen LogP contribution is 2.26. The monoisotopic (exact) mass is 241 g/mol. The Bertz CT molecular complexity index is 228. The van der Waals surface area contributed by atoms with Crippen LogP contribution < -0.4 is 5.32 Å². The molecule has 100 valence electrons. The molecule has 1 rings (SSSR count). The minimum atomic E-state index is -0.0192. The molecule has 0 radical (unpaired) electrons. The Balaban J connectivity index is 2.11. The van der Waals surface area contributed by atoms with E-state index in [0.717, 1.165) is 19.4 Å². The van der Waals surface area contributed by atoms with Gasteiger partial charge < -0.3 is 10.1 Å². The lowest BCUT2D eigenvalue weighted by atomic mass is 9.88. The van der Waals surface area contributed by atoms with Crippen LogP contribution in [0.3, 0.4) is 0 Å². The largest absolute Gasteiger partial charge is 0.462 e. The Morgan fingerprint density at radius 3 is 2.71 bits per heavy atom. The van der Waals surface area contributed by atoms with Gasteiger partial charge in [0.2, 0.25) is 0 Å². The first-order valence-corrected chi connectivity index (χ1v) is 7.02. The smallest absolute Gasteiger partial charge is 0.306 e. The molecule has 2 unspecified atom stereocenters. The van der Waals surface area contributed by atoms with Gasteiger partial charge in [0.25, 0.3) is 0 Å². The second kappa shape index (κ2) is 7.70. The molecular weight excluding hydrogens is 214 g/mol. The van der Waals surface area contributed by atoms with E-state index in [9.17, 15) is 4.79 Å². The summed E-state index contributed by atoms with van der Waals surface area (Å²) in [6.07, 6.45) is 6.34. The topological polar surface area (TPSA) is 38.3 Å². The molecule has 2 atom stereocenters. The number of hydrogen-bond donors (Lipinski definition) is 1. The number of esters is 1. The van der Waals surface area contributed by atoms with E-state index in [-0.39, 0.29) is 12.1 Å². The predicted octanol–water partition coefficient (Wildman–Crippen LogP) is 2.89. The van der Waals surface area contributed by atoms with Crippen LogP contribution in [-0.2, 0) is 9.53 Å². The van der Waals surface area contributed by atoms with Crippen molar-refractivity contribution in [3.8, 4) is 0 Å². The van der Waals surface area contributed by atoms with E-state index in [1.165, 1.54) is 19.3 Å². The molecule has 3 heteroatoms. The Morgan fingerprint density at radius 2 is 2.06 bits per heavy atom. The summed E-state index contributed by atoms with van der Waals surface area (Å²) in [4.78, 5) is 11.7. The third kappa shape index (κ3) is 6.06. The highest BCUT2D eigenvalue weighted by atomic mass is 16.5.